The van der Waals surface area contributed by atoms with Crippen LogP contribution in [0.1, 0.15) is 29.7 Å². The first-order valence-corrected chi connectivity index (χ1v) is 11.2. The van der Waals surface area contributed by atoms with E-state index in [4.69, 9.17) is 0 Å². The van der Waals surface area contributed by atoms with E-state index >= 15 is 0 Å². The smallest absolute Gasteiger partial charge is 0.238 e. The maximum Gasteiger partial charge on any atom is 0.238 e. The summed E-state index contributed by atoms with van der Waals surface area (Å²) in [4.78, 5) is 17.3. The van der Waals surface area contributed by atoms with E-state index in [9.17, 15) is 4.79 Å². The van der Waals surface area contributed by atoms with Crippen molar-refractivity contribution in [3.63, 3.8) is 0 Å². The highest BCUT2D eigenvalue weighted by Crippen LogP contribution is 2.29. The van der Waals surface area contributed by atoms with Crippen molar-refractivity contribution in [3.8, 4) is 0 Å². The third kappa shape index (κ3) is 5.60. The highest BCUT2D eigenvalue weighted by atomic mass is 16.2. The van der Waals surface area contributed by atoms with Crippen LogP contribution in [0.25, 0.3) is 0 Å². The lowest BCUT2D eigenvalue weighted by atomic mass is 9.96. The second-order valence-electron chi connectivity index (χ2n) is 8.13. The largest absolute Gasteiger partial charge is 0.325 e. The van der Waals surface area contributed by atoms with Crippen LogP contribution in [0.15, 0.2) is 84.9 Å². The molecule has 3 aromatic rings. The Labute approximate surface area is 185 Å². The summed E-state index contributed by atoms with van der Waals surface area (Å²) >= 11 is 0. The van der Waals surface area contributed by atoms with Crippen LogP contribution >= 0.6 is 0 Å². The van der Waals surface area contributed by atoms with Gasteiger partial charge in [-0.2, -0.15) is 0 Å². The lowest BCUT2D eigenvalue weighted by Gasteiger charge is -2.39. The van der Waals surface area contributed by atoms with Crippen molar-refractivity contribution in [3.05, 3.63) is 102 Å². The van der Waals surface area contributed by atoms with E-state index in [2.05, 4.69) is 94.8 Å². The van der Waals surface area contributed by atoms with Crippen molar-refractivity contribution in [2.75, 3.05) is 38.0 Å². The van der Waals surface area contributed by atoms with Crippen LogP contribution in [0.4, 0.5) is 5.69 Å². The van der Waals surface area contributed by atoms with Crippen molar-refractivity contribution < 1.29 is 4.79 Å². The van der Waals surface area contributed by atoms with Gasteiger partial charge in [0.25, 0.3) is 0 Å². The molecular formula is C27H31N3O. The summed E-state index contributed by atoms with van der Waals surface area (Å²) < 4.78 is 0. The molecule has 0 bridgehead atoms. The third-order valence-electron chi connectivity index (χ3n) is 6.02. The fourth-order valence-corrected chi connectivity index (χ4v) is 4.29. The fraction of sp³-hybridized carbons (Fsp3) is 0.296. The molecular weight excluding hydrogens is 382 g/mol. The van der Waals surface area contributed by atoms with Gasteiger partial charge in [-0.25, -0.2) is 0 Å². The van der Waals surface area contributed by atoms with Gasteiger partial charge in [-0.1, -0.05) is 79.7 Å². The van der Waals surface area contributed by atoms with Crippen molar-refractivity contribution in [1.29, 1.82) is 0 Å². The Bertz CT molecular complexity index is 909. The molecule has 1 aliphatic heterocycles. The molecule has 0 saturated carbocycles. The number of rotatable bonds is 7. The van der Waals surface area contributed by atoms with E-state index in [1.807, 2.05) is 12.1 Å². The number of nitrogens with one attached hydrogen (secondary N) is 1. The molecule has 0 aliphatic carbocycles. The van der Waals surface area contributed by atoms with Crippen LogP contribution < -0.4 is 5.32 Å². The Morgan fingerprint density at radius 2 is 1.35 bits per heavy atom. The summed E-state index contributed by atoms with van der Waals surface area (Å²) in [5.74, 6) is 0.0559. The summed E-state index contributed by atoms with van der Waals surface area (Å²) in [5, 5.41) is 3.03. The lowest BCUT2D eigenvalue weighted by molar-refractivity contribution is -0.117. The second kappa shape index (κ2) is 10.4. The molecule has 0 radical (unpaired) electrons. The Morgan fingerprint density at radius 3 is 1.87 bits per heavy atom. The number of carbonyl (C=O) groups is 1. The van der Waals surface area contributed by atoms with E-state index < -0.39 is 0 Å². The minimum atomic E-state index is 0.0559. The molecule has 4 rings (SSSR count). The number of nitrogens with zero attached hydrogens (tertiary/aromatic N) is 2. The van der Waals surface area contributed by atoms with Crippen LogP contribution in [0.2, 0.25) is 0 Å². The summed E-state index contributed by atoms with van der Waals surface area (Å²) in [7, 11) is 0. The number of amides is 1. The minimum Gasteiger partial charge on any atom is -0.325 e. The Hall–Kier alpha value is -2.95. The van der Waals surface area contributed by atoms with Gasteiger partial charge in [0.05, 0.1) is 12.6 Å². The average Bonchev–Trinajstić information content (AvgIpc) is 2.82. The van der Waals surface area contributed by atoms with Gasteiger partial charge >= 0.3 is 0 Å². The van der Waals surface area contributed by atoms with Crippen LogP contribution in [-0.4, -0.2) is 48.4 Å². The fourth-order valence-electron chi connectivity index (χ4n) is 4.29. The molecule has 1 amide bonds. The topological polar surface area (TPSA) is 35.6 Å². The van der Waals surface area contributed by atoms with Crippen LogP contribution in [0.5, 0.6) is 0 Å². The lowest BCUT2D eigenvalue weighted by Crippen LogP contribution is -2.49. The van der Waals surface area contributed by atoms with Gasteiger partial charge in [0, 0.05) is 31.9 Å². The van der Waals surface area contributed by atoms with Gasteiger partial charge in [-0.3, -0.25) is 14.6 Å². The maximum atomic E-state index is 12.5. The first-order valence-electron chi connectivity index (χ1n) is 11.2. The summed E-state index contributed by atoms with van der Waals surface area (Å²) in [6, 6.07) is 29.8. The van der Waals surface area contributed by atoms with Gasteiger partial charge in [0.1, 0.15) is 0 Å². The molecule has 0 atom stereocenters. The van der Waals surface area contributed by atoms with Crippen LogP contribution in [0, 0.1) is 0 Å². The number of piperazine rings is 1. The number of benzene rings is 3. The zero-order valence-corrected chi connectivity index (χ0v) is 18.2. The van der Waals surface area contributed by atoms with Crippen LogP contribution in [0.3, 0.4) is 0 Å². The molecule has 1 saturated heterocycles. The molecule has 1 N–H and O–H groups in total. The minimum absolute atomic E-state index is 0.0559. The normalized spacial score (nSPS) is 15.2. The molecule has 160 valence electrons. The molecule has 0 aromatic heterocycles. The quantitative estimate of drug-likeness (QED) is 0.615. The first-order chi connectivity index (χ1) is 15.2. The maximum absolute atomic E-state index is 12.5. The summed E-state index contributed by atoms with van der Waals surface area (Å²) in [6.45, 7) is 6.22. The zero-order chi connectivity index (χ0) is 21.5. The molecule has 1 aliphatic rings. The molecule has 0 unspecified atom stereocenters. The molecule has 0 spiro atoms. The number of hydrogen-bond donors (Lipinski definition) is 1. The van der Waals surface area contributed by atoms with E-state index in [0.717, 1.165) is 38.3 Å². The molecule has 4 nitrogen and oxygen atoms in total. The van der Waals surface area contributed by atoms with Crippen molar-refractivity contribution in [1.82, 2.24) is 9.80 Å². The number of anilines is 1. The monoisotopic (exact) mass is 413 g/mol. The standard InChI is InChI=1S/C27H31N3O/c1-2-22-13-15-25(16-14-22)28-26(31)21-29-17-19-30(20-18-29)27(23-9-5-3-6-10-23)24-11-7-4-8-12-24/h3-16,27H,2,17-21H2,1H3,(H,28,31). The Kier molecular flexibility index (Phi) is 7.13. The molecule has 1 heterocycles. The van der Waals surface area contributed by atoms with Gasteiger partial charge in [-0.15, -0.1) is 0 Å². The van der Waals surface area contributed by atoms with Crippen molar-refractivity contribution in [2.45, 2.75) is 19.4 Å². The van der Waals surface area contributed by atoms with E-state index in [0.29, 0.717) is 6.54 Å². The SMILES string of the molecule is CCc1ccc(NC(=O)CN2CCN(C(c3ccccc3)c3ccccc3)CC2)cc1. The summed E-state index contributed by atoms with van der Waals surface area (Å²) in [5.41, 5.74) is 4.78. The molecule has 4 heteroatoms. The van der Waals surface area contributed by atoms with Crippen LogP contribution in [-0.2, 0) is 11.2 Å². The summed E-state index contributed by atoms with van der Waals surface area (Å²) in [6.07, 6.45) is 1.01. The Morgan fingerprint density at radius 1 is 0.806 bits per heavy atom. The van der Waals surface area contributed by atoms with E-state index in [-0.39, 0.29) is 11.9 Å². The number of hydrogen-bond acceptors (Lipinski definition) is 3. The highest BCUT2D eigenvalue weighted by molar-refractivity contribution is 5.92. The predicted octanol–water partition coefficient (Wildman–Crippen LogP) is 4.59. The third-order valence-corrected chi connectivity index (χ3v) is 6.02. The first kappa shape index (κ1) is 21.3. The molecule has 1 fully saturated rings. The molecule has 3 aromatic carbocycles. The van der Waals surface area contributed by atoms with Gasteiger partial charge < -0.3 is 5.32 Å². The zero-order valence-electron chi connectivity index (χ0n) is 18.2. The predicted molar refractivity (Wildman–Crippen MR) is 127 cm³/mol. The average molecular weight is 414 g/mol. The second-order valence-corrected chi connectivity index (χ2v) is 8.13. The number of aryl methyl sites for hydroxylation is 1. The van der Waals surface area contributed by atoms with Gasteiger partial charge in [0.15, 0.2) is 0 Å². The highest BCUT2D eigenvalue weighted by Gasteiger charge is 2.26. The van der Waals surface area contributed by atoms with Gasteiger partial charge in [0.2, 0.25) is 5.91 Å². The van der Waals surface area contributed by atoms with E-state index in [1.54, 1.807) is 0 Å². The van der Waals surface area contributed by atoms with E-state index in [1.165, 1.54) is 16.7 Å². The van der Waals surface area contributed by atoms with Crippen molar-refractivity contribution >= 4 is 11.6 Å². The Balaban J connectivity index is 1.36. The molecule has 31 heavy (non-hydrogen) atoms. The van der Waals surface area contributed by atoms with Crippen molar-refractivity contribution in [2.24, 2.45) is 0 Å². The van der Waals surface area contributed by atoms with Gasteiger partial charge in [-0.05, 0) is 35.2 Å². The number of carbonyl (C=O) groups excluding carboxylic acids is 1.